The highest BCUT2D eigenvalue weighted by Gasteiger charge is 2.29. The van der Waals surface area contributed by atoms with Crippen LogP contribution < -0.4 is 0 Å². The number of aromatic carboxylic acids is 2. The number of aromatic nitrogens is 2. The number of carbonyl (C=O) groups is 2. The zero-order valence-corrected chi connectivity index (χ0v) is 24.7. The Bertz CT molecular complexity index is 1910. The number of hydrogen-bond acceptors (Lipinski definition) is 4. The first-order chi connectivity index (χ1) is 21.3. The number of benzene rings is 3. The molecule has 0 spiro atoms. The molecule has 0 radical (unpaired) electrons. The van der Waals surface area contributed by atoms with Gasteiger partial charge in [-0.15, -0.1) is 0 Å². The van der Waals surface area contributed by atoms with Gasteiger partial charge in [0.2, 0.25) is 0 Å². The van der Waals surface area contributed by atoms with Crippen LogP contribution in [0.15, 0.2) is 72.8 Å². The molecule has 0 fully saturated rings. The Balaban J connectivity index is 1.28. The van der Waals surface area contributed by atoms with Gasteiger partial charge in [0.25, 0.3) is 0 Å². The van der Waals surface area contributed by atoms with Gasteiger partial charge in [-0.05, 0) is 95.2 Å². The van der Waals surface area contributed by atoms with Crippen LogP contribution in [0.1, 0.15) is 81.0 Å². The number of fused-ring (bicyclic) bond motifs is 4. The van der Waals surface area contributed by atoms with Crippen LogP contribution in [0.25, 0.3) is 45.1 Å². The Kier molecular flexibility index (Phi) is 6.85. The van der Waals surface area contributed by atoms with Crippen molar-refractivity contribution in [3.63, 3.8) is 0 Å². The average Bonchev–Trinajstić information content (AvgIpc) is 2.99. The molecule has 0 aliphatic heterocycles. The molecule has 2 unspecified atom stereocenters. The molecule has 2 N–H and O–H groups in total. The highest BCUT2D eigenvalue weighted by Crippen LogP contribution is 2.40. The highest BCUT2D eigenvalue weighted by atomic mass is 16.4. The molecule has 6 heteroatoms. The molecular weight excluding hydrogens is 548 g/mol. The van der Waals surface area contributed by atoms with E-state index in [0.29, 0.717) is 57.6 Å². The maximum Gasteiger partial charge on any atom is 0.336 e. The van der Waals surface area contributed by atoms with Crippen molar-refractivity contribution in [2.45, 2.75) is 39.5 Å². The molecule has 2 aromatic heterocycles. The Morgan fingerprint density at radius 2 is 1.00 bits per heavy atom. The minimum Gasteiger partial charge on any atom is -0.478 e. The first-order valence-corrected chi connectivity index (χ1v) is 15.1. The zero-order chi connectivity index (χ0) is 30.5. The van der Waals surface area contributed by atoms with E-state index in [1.807, 2.05) is 48.5 Å². The third-order valence-corrected chi connectivity index (χ3v) is 8.88. The van der Waals surface area contributed by atoms with Gasteiger partial charge < -0.3 is 10.2 Å². The summed E-state index contributed by atoms with van der Waals surface area (Å²) in [6.45, 7) is 4.31. The van der Waals surface area contributed by atoms with Gasteiger partial charge in [-0.1, -0.05) is 74.5 Å². The van der Waals surface area contributed by atoms with Crippen molar-refractivity contribution in [3.05, 3.63) is 118 Å². The summed E-state index contributed by atoms with van der Waals surface area (Å²) in [6.07, 6.45) is 7.27. The molecule has 2 atom stereocenters. The molecule has 3 aromatic carbocycles. The van der Waals surface area contributed by atoms with Crippen LogP contribution in [-0.2, 0) is 12.8 Å². The number of rotatable bonds is 4. The molecule has 6 nitrogen and oxygen atoms in total. The van der Waals surface area contributed by atoms with E-state index < -0.39 is 11.9 Å². The van der Waals surface area contributed by atoms with E-state index in [1.54, 1.807) is 0 Å². The molecule has 44 heavy (non-hydrogen) atoms. The molecule has 7 rings (SSSR count). The van der Waals surface area contributed by atoms with E-state index in [0.717, 1.165) is 57.6 Å². The maximum atomic E-state index is 12.4. The first-order valence-electron chi connectivity index (χ1n) is 15.1. The Morgan fingerprint density at radius 3 is 1.39 bits per heavy atom. The third-order valence-electron chi connectivity index (χ3n) is 8.88. The quantitative estimate of drug-likeness (QED) is 0.221. The lowest BCUT2D eigenvalue weighted by molar-refractivity contribution is 0.0686. The van der Waals surface area contributed by atoms with E-state index in [2.05, 4.69) is 50.3 Å². The standard InChI is InChI=1S/C38H32N2O4/c1-21-15-25(35-29(17-21)33(37(41)42)27-7-3-5-9-31(27)39-35)19-23-11-13-24(14-12-23)20-26-16-22(2)18-30-34(38(43)44)28-8-4-6-10-32(28)40-36(26)30/h3-14,19-22H,15-18H2,1-2H3,(H,41,42)(H,43,44)/b25-19-,26-20+. The van der Waals surface area contributed by atoms with Crippen molar-refractivity contribution < 1.29 is 19.8 Å². The van der Waals surface area contributed by atoms with Gasteiger partial charge in [0, 0.05) is 10.8 Å². The van der Waals surface area contributed by atoms with Crippen molar-refractivity contribution in [2.24, 2.45) is 11.8 Å². The molecule has 0 amide bonds. The van der Waals surface area contributed by atoms with Crippen molar-refractivity contribution in [1.82, 2.24) is 9.97 Å². The smallest absolute Gasteiger partial charge is 0.336 e. The molecule has 2 aliphatic carbocycles. The minimum absolute atomic E-state index is 0.298. The Hall–Kier alpha value is -5.10. The maximum absolute atomic E-state index is 12.4. The van der Waals surface area contributed by atoms with E-state index in [9.17, 15) is 19.8 Å². The summed E-state index contributed by atoms with van der Waals surface area (Å²) in [5.41, 5.74) is 9.43. The summed E-state index contributed by atoms with van der Waals surface area (Å²) < 4.78 is 0. The van der Waals surface area contributed by atoms with E-state index in [-0.39, 0.29) is 0 Å². The van der Waals surface area contributed by atoms with Gasteiger partial charge in [0.05, 0.1) is 33.5 Å². The van der Waals surface area contributed by atoms with Crippen LogP contribution in [0.3, 0.4) is 0 Å². The zero-order valence-electron chi connectivity index (χ0n) is 24.7. The topological polar surface area (TPSA) is 100 Å². The largest absolute Gasteiger partial charge is 0.478 e. The predicted molar refractivity (Wildman–Crippen MR) is 175 cm³/mol. The lowest BCUT2D eigenvalue weighted by atomic mass is 9.80. The fraction of sp³-hybridized carbons (Fsp3) is 0.211. The summed E-state index contributed by atoms with van der Waals surface area (Å²) in [7, 11) is 0. The average molecular weight is 581 g/mol. The number of nitrogens with zero attached hydrogens (tertiary/aromatic N) is 2. The van der Waals surface area contributed by atoms with E-state index >= 15 is 0 Å². The SMILES string of the molecule is CC1C/C(=C/c2ccc(/C=C3\CC(C)Cc4c3nc3ccccc3c4C(=O)O)cc2)c2nc3ccccc3c(C(=O)O)c2C1. The number of para-hydroxylation sites is 2. The summed E-state index contributed by atoms with van der Waals surface area (Å²) in [4.78, 5) is 34.7. The van der Waals surface area contributed by atoms with Crippen LogP contribution >= 0.6 is 0 Å². The number of pyridine rings is 2. The van der Waals surface area contributed by atoms with E-state index in [4.69, 9.17) is 9.97 Å². The lowest BCUT2D eigenvalue weighted by Gasteiger charge is -2.26. The summed E-state index contributed by atoms with van der Waals surface area (Å²) in [5.74, 6) is -1.23. The third kappa shape index (κ3) is 4.86. The minimum atomic E-state index is -0.915. The highest BCUT2D eigenvalue weighted by molar-refractivity contribution is 6.07. The second kappa shape index (κ2) is 10.9. The fourth-order valence-corrected chi connectivity index (χ4v) is 7.05. The van der Waals surface area contributed by atoms with Crippen LogP contribution in [0.2, 0.25) is 0 Å². The van der Waals surface area contributed by atoms with Crippen molar-refractivity contribution in [1.29, 1.82) is 0 Å². The Labute approximate surface area is 255 Å². The van der Waals surface area contributed by atoms with Crippen molar-refractivity contribution >= 4 is 57.0 Å². The summed E-state index contributed by atoms with van der Waals surface area (Å²) in [5, 5.41) is 21.7. The summed E-state index contributed by atoms with van der Waals surface area (Å²) in [6, 6.07) is 23.2. The molecule has 5 aromatic rings. The van der Waals surface area contributed by atoms with Gasteiger partial charge in [0.1, 0.15) is 0 Å². The van der Waals surface area contributed by atoms with Gasteiger partial charge in [-0.3, -0.25) is 0 Å². The number of carboxylic acid groups (broad SMARTS) is 2. The molecule has 2 aliphatic rings. The second-order valence-corrected chi connectivity index (χ2v) is 12.3. The summed E-state index contributed by atoms with van der Waals surface area (Å²) >= 11 is 0. The van der Waals surface area contributed by atoms with Gasteiger partial charge in [-0.25, -0.2) is 19.6 Å². The van der Waals surface area contributed by atoms with Crippen molar-refractivity contribution in [2.75, 3.05) is 0 Å². The number of allylic oxidation sites excluding steroid dienone is 2. The molecule has 2 heterocycles. The van der Waals surface area contributed by atoms with Gasteiger partial charge in [-0.2, -0.15) is 0 Å². The van der Waals surface area contributed by atoms with Gasteiger partial charge in [0.15, 0.2) is 0 Å². The van der Waals surface area contributed by atoms with Crippen LogP contribution in [0, 0.1) is 11.8 Å². The molecular formula is C38H32N2O4. The molecule has 218 valence electrons. The fourth-order valence-electron chi connectivity index (χ4n) is 7.05. The van der Waals surface area contributed by atoms with Gasteiger partial charge >= 0.3 is 11.9 Å². The number of hydrogen-bond donors (Lipinski definition) is 2. The predicted octanol–water partition coefficient (Wildman–Crippen LogP) is 8.43. The lowest BCUT2D eigenvalue weighted by Crippen LogP contribution is -2.17. The van der Waals surface area contributed by atoms with Crippen LogP contribution in [0.5, 0.6) is 0 Å². The molecule has 0 saturated heterocycles. The molecule has 0 saturated carbocycles. The normalized spacial score (nSPS) is 19.7. The molecule has 0 bridgehead atoms. The van der Waals surface area contributed by atoms with Crippen LogP contribution in [-0.4, -0.2) is 32.1 Å². The Morgan fingerprint density at radius 1 is 0.614 bits per heavy atom. The van der Waals surface area contributed by atoms with E-state index in [1.165, 1.54) is 0 Å². The number of carboxylic acids is 2. The van der Waals surface area contributed by atoms with Crippen molar-refractivity contribution in [3.8, 4) is 0 Å². The second-order valence-electron chi connectivity index (χ2n) is 12.3. The first kappa shape index (κ1) is 27.7. The monoisotopic (exact) mass is 580 g/mol. The van der Waals surface area contributed by atoms with Crippen LogP contribution in [0.4, 0.5) is 0 Å².